The summed E-state index contributed by atoms with van der Waals surface area (Å²) in [5.74, 6) is 3.81. The topological polar surface area (TPSA) is 70.1 Å². The van der Waals surface area contributed by atoms with E-state index in [1.54, 1.807) is 4.90 Å². The molecule has 6 nitrogen and oxygen atoms in total. The van der Waals surface area contributed by atoms with Gasteiger partial charge in [-0.2, -0.15) is 0 Å². The average Bonchev–Trinajstić information content (AvgIpc) is 3.92. The molecule has 2 aliphatic carbocycles. The normalized spacial score (nSPS) is 20.7. The molecule has 1 N–H and O–H groups in total. The number of amides is 2. The van der Waals surface area contributed by atoms with E-state index in [1.165, 1.54) is 24.0 Å². The molecule has 2 amide bonds. The van der Waals surface area contributed by atoms with Crippen LogP contribution in [0.1, 0.15) is 145 Å². The van der Waals surface area contributed by atoms with Crippen LogP contribution < -0.4 is 0 Å². The van der Waals surface area contributed by atoms with Crippen molar-refractivity contribution >= 4 is 44.0 Å². The number of rotatable bonds is 2. The zero-order chi connectivity index (χ0) is 39.4. The van der Waals surface area contributed by atoms with Crippen LogP contribution >= 0.6 is 31.9 Å². The second kappa shape index (κ2) is 20.6. The predicted octanol–water partition coefficient (Wildman–Crippen LogP) is 13.6. The molecular weight excluding hydrogens is 780 g/mol. The summed E-state index contributed by atoms with van der Waals surface area (Å²) in [6, 6.07) is 17.3. The van der Waals surface area contributed by atoms with Crippen molar-refractivity contribution < 1.29 is 19.4 Å². The van der Waals surface area contributed by atoms with E-state index in [4.69, 9.17) is 9.84 Å². The van der Waals surface area contributed by atoms with Gasteiger partial charge in [0, 0.05) is 35.1 Å². The van der Waals surface area contributed by atoms with Crippen LogP contribution in [0.4, 0.5) is 9.59 Å². The molecule has 2 saturated heterocycles. The first-order valence-electron chi connectivity index (χ1n) is 19.6. The van der Waals surface area contributed by atoms with Gasteiger partial charge in [0.05, 0.1) is 0 Å². The van der Waals surface area contributed by atoms with Gasteiger partial charge in [-0.15, -0.1) is 0 Å². The molecule has 8 heteroatoms. The minimum absolute atomic E-state index is 0.164. The Hall–Kier alpha value is -2.06. The number of ether oxygens (including phenoxy) is 1. The average molecular weight is 851 g/mol. The van der Waals surface area contributed by atoms with Crippen molar-refractivity contribution in [2.24, 2.45) is 28.6 Å². The first-order valence-corrected chi connectivity index (χ1v) is 21.1. The quantitative estimate of drug-likeness (QED) is 0.327. The minimum atomic E-state index is -0.773. The molecule has 0 bridgehead atoms. The first kappa shape index (κ1) is 46.1. The molecule has 0 radical (unpaired) electrons. The van der Waals surface area contributed by atoms with Crippen molar-refractivity contribution in [1.29, 1.82) is 0 Å². The number of carbonyl (C=O) groups is 2. The van der Waals surface area contributed by atoms with Gasteiger partial charge in [0.15, 0.2) is 0 Å². The molecule has 4 aliphatic rings. The summed E-state index contributed by atoms with van der Waals surface area (Å²) >= 11 is 6.95. The minimum Gasteiger partial charge on any atom is -0.465 e. The molecule has 4 fully saturated rings. The molecule has 2 heterocycles. The highest BCUT2D eigenvalue weighted by Crippen LogP contribution is 2.65. The van der Waals surface area contributed by atoms with Crippen LogP contribution in [0.3, 0.4) is 0 Å². The monoisotopic (exact) mass is 848 g/mol. The highest BCUT2D eigenvalue weighted by Gasteiger charge is 2.56. The first-order chi connectivity index (χ1) is 24.1. The second-order valence-corrected chi connectivity index (χ2v) is 20.1. The van der Waals surface area contributed by atoms with Gasteiger partial charge in [0.25, 0.3) is 0 Å². The summed E-state index contributed by atoms with van der Waals surface area (Å²) in [5, 5.41) is 8.96. The van der Waals surface area contributed by atoms with Crippen LogP contribution in [0.25, 0.3) is 0 Å². The number of benzene rings is 2. The van der Waals surface area contributed by atoms with Gasteiger partial charge < -0.3 is 19.6 Å². The summed E-state index contributed by atoms with van der Waals surface area (Å²) in [6.07, 6.45) is 5.76. The Balaban J connectivity index is 0.000000278. The van der Waals surface area contributed by atoms with Gasteiger partial charge >= 0.3 is 12.2 Å². The lowest BCUT2D eigenvalue weighted by molar-refractivity contribution is 0.0170. The molecule has 2 spiro atoms. The summed E-state index contributed by atoms with van der Waals surface area (Å²) in [7, 11) is 0. The maximum absolute atomic E-state index is 12.1. The van der Waals surface area contributed by atoms with Crippen LogP contribution in [0, 0.1) is 28.6 Å². The number of carboxylic acid groups (broad SMARTS) is 1. The van der Waals surface area contributed by atoms with Gasteiger partial charge in [-0.05, 0) is 135 Å². The van der Waals surface area contributed by atoms with E-state index in [1.807, 2.05) is 25.7 Å². The second-order valence-electron chi connectivity index (χ2n) is 18.3. The fraction of sp³-hybridized carbons (Fsp3) is 0.682. The molecule has 294 valence electrons. The van der Waals surface area contributed by atoms with E-state index in [2.05, 4.69) is 143 Å². The third kappa shape index (κ3) is 16.1. The molecule has 2 aliphatic heterocycles. The SMILES string of the molecule is CC(C)(C)OC(=O)N1CCC2(CC1)CC2c1ccc(Br)cc1.CC(C)C.CC(C)C.CC(C)C.O=C(O)N1CCC2(CC1)C[C@H]2c1ccc(Br)cc1. The number of nitrogens with zero attached hydrogens (tertiary/aromatic N) is 2. The Morgan fingerprint density at radius 1 is 0.635 bits per heavy atom. The van der Waals surface area contributed by atoms with E-state index in [0.717, 1.165) is 65.5 Å². The summed E-state index contributed by atoms with van der Waals surface area (Å²) < 4.78 is 7.72. The van der Waals surface area contributed by atoms with Gasteiger partial charge in [-0.25, -0.2) is 9.59 Å². The van der Waals surface area contributed by atoms with E-state index in [9.17, 15) is 9.59 Å². The predicted molar refractivity (Wildman–Crippen MR) is 225 cm³/mol. The van der Waals surface area contributed by atoms with Crippen molar-refractivity contribution in [3.63, 3.8) is 0 Å². The van der Waals surface area contributed by atoms with Crippen LogP contribution in [0.15, 0.2) is 57.5 Å². The molecule has 2 aromatic rings. The molecule has 2 saturated carbocycles. The molecule has 2 aromatic carbocycles. The van der Waals surface area contributed by atoms with Crippen molar-refractivity contribution in [2.45, 2.75) is 139 Å². The highest BCUT2D eigenvalue weighted by atomic mass is 79.9. The van der Waals surface area contributed by atoms with E-state index < -0.39 is 11.7 Å². The van der Waals surface area contributed by atoms with E-state index >= 15 is 0 Å². The highest BCUT2D eigenvalue weighted by molar-refractivity contribution is 9.10. The van der Waals surface area contributed by atoms with Crippen molar-refractivity contribution in [2.75, 3.05) is 26.2 Å². The maximum atomic E-state index is 12.1. The lowest BCUT2D eigenvalue weighted by Crippen LogP contribution is -2.42. The molecule has 0 aromatic heterocycles. The Morgan fingerprint density at radius 3 is 1.19 bits per heavy atom. The van der Waals surface area contributed by atoms with Gasteiger partial charge in [-0.1, -0.05) is 118 Å². The third-order valence-corrected chi connectivity index (χ3v) is 10.4. The van der Waals surface area contributed by atoms with Crippen molar-refractivity contribution in [1.82, 2.24) is 9.80 Å². The zero-order valence-electron chi connectivity index (χ0n) is 34.4. The van der Waals surface area contributed by atoms with Crippen LogP contribution in [-0.4, -0.2) is 58.9 Å². The number of hydrogen-bond acceptors (Lipinski definition) is 3. The van der Waals surface area contributed by atoms with Gasteiger partial charge in [0.1, 0.15) is 5.60 Å². The fourth-order valence-corrected chi connectivity index (χ4v) is 7.27. The number of piperidine rings is 2. The molecular formula is C44H70Br2N2O4. The van der Waals surface area contributed by atoms with E-state index in [-0.39, 0.29) is 6.09 Å². The fourth-order valence-electron chi connectivity index (χ4n) is 6.74. The third-order valence-electron chi connectivity index (χ3n) is 9.36. The van der Waals surface area contributed by atoms with Crippen molar-refractivity contribution in [3.8, 4) is 0 Å². The standard InChI is InChI=1S/C18H24BrNO2.C14H16BrNO2.3C4H10/c1-17(2,3)22-16(21)20-10-8-18(9-11-20)12-15(18)13-4-6-14(19)7-5-13;15-11-3-1-10(2-4-11)12-9-14(12)5-7-16(8-6-14)13(17)18;3*1-4(2)3/h4-7,15H,8-12H2,1-3H3;1-4,12H,5-9H2,(H,17,18);3*4H,1-3H3/t;12-;;;/m.0.../s1. The number of hydrogen-bond donors (Lipinski definition) is 1. The van der Waals surface area contributed by atoms with Crippen LogP contribution in [0.5, 0.6) is 0 Å². The van der Waals surface area contributed by atoms with Crippen LogP contribution in [0.2, 0.25) is 0 Å². The molecule has 52 heavy (non-hydrogen) atoms. The van der Waals surface area contributed by atoms with Gasteiger partial charge in [-0.3, -0.25) is 0 Å². The number of carbonyl (C=O) groups excluding carboxylic acids is 1. The lowest BCUT2D eigenvalue weighted by atomic mass is 9.89. The summed E-state index contributed by atoms with van der Waals surface area (Å²) in [6.45, 7) is 28.3. The Kier molecular flexibility index (Phi) is 18.2. The zero-order valence-corrected chi connectivity index (χ0v) is 37.6. The summed E-state index contributed by atoms with van der Waals surface area (Å²) in [4.78, 5) is 26.4. The van der Waals surface area contributed by atoms with Crippen molar-refractivity contribution in [3.05, 3.63) is 68.6 Å². The van der Waals surface area contributed by atoms with Gasteiger partial charge in [0.2, 0.25) is 0 Å². The number of likely N-dealkylation sites (tertiary alicyclic amines) is 2. The maximum Gasteiger partial charge on any atom is 0.410 e. The Bertz CT molecular complexity index is 1330. The molecule has 2 atom stereocenters. The van der Waals surface area contributed by atoms with E-state index in [0.29, 0.717) is 35.8 Å². The summed E-state index contributed by atoms with van der Waals surface area (Å²) in [5.41, 5.74) is 3.24. The Morgan fingerprint density at radius 2 is 0.923 bits per heavy atom. The van der Waals surface area contributed by atoms with Crippen LogP contribution in [-0.2, 0) is 4.74 Å². The molecule has 6 rings (SSSR count). The largest absolute Gasteiger partial charge is 0.465 e. The molecule has 1 unspecified atom stereocenters. The number of halogens is 2. The Labute approximate surface area is 334 Å². The smallest absolute Gasteiger partial charge is 0.410 e. The lowest BCUT2D eigenvalue weighted by Gasteiger charge is -2.34.